The van der Waals surface area contributed by atoms with Crippen LogP contribution in [0.4, 0.5) is 0 Å². The fraction of sp³-hybridized carbons (Fsp3) is 0.611. The minimum atomic E-state index is -1.25. The first-order valence-corrected chi connectivity index (χ1v) is 9.11. The van der Waals surface area contributed by atoms with Gasteiger partial charge in [0.25, 0.3) is 0 Å². The number of hydrogen-bond acceptors (Lipinski definition) is 2. The van der Waals surface area contributed by atoms with E-state index in [-0.39, 0.29) is 22.2 Å². The molecule has 0 radical (unpaired) electrons. The van der Waals surface area contributed by atoms with E-state index in [0.717, 1.165) is 18.4 Å². The van der Waals surface area contributed by atoms with Crippen LogP contribution in [0.25, 0.3) is 0 Å². The van der Waals surface area contributed by atoms with Crippen LogP contribution in [-0.4, -0.2) is 28.9 Å². The Kier molecular flexibility index (Phi) is 4.02. The third-order valence-electron chi connectivity index (χ3n) is 6.29. The molecule has 2 aliphatic rings. The molecule has 0 N–H and O–H groups in total. The second-order valence-corrected chi connectivity index (χ2v) is 8.63. The Bertz CT molecular complexity index is 598. The lowest BCUT2D eigenvalue weighted by Gasteiger charge is -2.38. The molecule has 2 saturated carbocycles. The number of benzene rings is 1. The Morgan fingerprint density at radius 1 is 1.27 bits per heavy atom. The second kappa shape index (κ2) is 5.57. The van der Waals surface area contributed by atoms with Crippen molar-refractivity contribution >= 4 is 17.2 Å². The monoisotopic (exact) mass is 319 g/mol. The largest absolute Gasteiger partial charge is 0.380 e. The van der Waals surface area contributed by atoms with Gasteiger partial charge in [0.1, 0.15) is 11.0 Å². The summed E-state index contributed by atoms with van der Waals surface area (Å²) < 4.78 is 23.0. The summed E-state index contributed by atoms with van der Waals surface area (Å²) in [5.41, 5.74) is 1.23. The topological polar surface area (TPSA) is 38.7 Å². The van der Waals surface area contributed by atoms with Crippen LogP contribution < -0.4 is 0 Å². The van der Waals surface area contributed by atoms with Crippen LogP contribution >= 0.6 is 0 Å². The first-order chi connectivity index (χ1) is 10.4. The molecule has 2 aliphatic carbocycles. The Labute approximate surface area is 135 Å². The average Bonchev–Trinajstić information content (AvgIpc) is 2.84. The van der Waals surface area contributed by atoms with Gasteiger partial charge in [-0.2, -0.15) is 4.40 Å². The lowest BCUT2D eigenvalue weighted by Crippen LogP contribution is -2.42. The van der Waals surface area contributed by atoms with Crippen molar-refractivity contribution in [2.75, 3.05) is 7.11 Å². The average molecular weight is 319 g/mol. The summed E-state index contributed by atoms with van der Waals surface area (Å²) in [7, 11) is 0.494. The molecule has 0 aliphatic heterocycles. The van der Waals surface area contributed by atoms with E-state index in [4.69, 9.17) is 4.74 Å². The molecule has 0 spiro atoms. The van der Waals surface area contributed by atoms with E-state index in [0.29, 0.717) is 5.92 Å². The van der Waals surface area contributed by atoms with Crippen molar-refractivity contribution in [1.29, 1.82) is 0 Å². The van der Waals surface area contributed by atoms with Crippen molar-refractivity contribution in [2.24, 2.45) is 21.1 Å². The maximum absolute atomic E-state index is 12.8. The molecular weight excluding hydrogens is 294 g/mol. The molecule has 0 amide bonds. The molecule has 1 aromatic carbocycles. The van der Waals surface area contributed by atoms with Gasteiger partial charge >= 0.3 is 0 Å². The first-order valence-electron chi connectivity index (χ1n) is 7.94. The normalized spacial score (nSPS) is 37.7. The van der Waals surface area contributed by atoms with Crippen LogP contribution in [0.5, 0.6) is 0 Å². The number of rotatable bonds is 4. The van der Waals surface area contributed by atoms with Crippen LogP contribution in [0.1, 0.15) is 39.2 Å². The predicted molar refractivity (Wildman–Crippen MR) is 91.4 cm³/mol. The lowest BCUT2D eigenvalue weighted by molar-refractivity contribution is -0.0181. The van der Waals surface area contributed by atoms with E-state index >= 15 is 0 Å². The van der Waals surface area contributed by atoms with Crippen molar-refractivity contribution in [3.8, 4) is 0 Å². The summed E-state index contributed by atoms with van der Waals surface area (Å²) in [5.74, 6) is 0.413. The molecule has 4 heteroatoms. The molecular formula is C18H25NO2S. The highest BCUT2D eigenvalue weighted by Gasteiger charge is 2.68. The summed E-state index contributed by atoms with van der Waals surface area (Å²) in [5, 5.41) is -0.00119. The van der Waals surface area contributed by atoms with Gasteiger partial charge in [-0.05, 0) is 29.7 Å². The van der Waals surface area contributed by atoms with Gasteiger partial charge in [-0.3, -0.25) is 0 Å². The maximum atomic E-state index is 12.8. The van der Waals surface area contributed by atoms with E-state index < -0.39 is 11.0 Å². The Balaban J connectivity index is 1.85. The first kappa shape index (κ1) is 15.9. The quantitative estimate of drug-likeness (QED) is 0.795. The zero-order chi connectivity index (χ0) is 16.0. The van der Waals surface area contributed by atoms with Crippen LogP contribution in [0.15, 0.2) is 34.7 Å². The summed E-state index contributed by atoms with van der Waals surface area (Å²) >= 11 is 0. The zero-order valence-electron chi connectivity index (χ0n) is 13.8. The van der Waals surface area contributed by atoms with Gasteiger partial charge in [0, 0.05) is 18.7 Å². The van der Waals surface area contributed by atoms with E-state index in [1.165, 1.54) is 0 Å². The van der Waals surface area contributed by atoms with Crippen LogP contribution in [0.3, 0.4) is 0 Å². The van der Waals surface area contributed by atoms with Crippen molar-refractivity contribution in [1.82, 2.24) is 0 Å². The number of fused-ring (bicyclic) bond motifs is 2. The van der Waals surface area contributed by atoms with Crippen molar-refractivity contribution < 1.29 is 8.95 Å². The Hall–Kier alpha value is -1.00. The number of hydrogen-bond donors (Lipinski definition) is 0. The third-order valence-corrected chi connectivity index (χ3v) is 7.64. The predicted octanol–water partition coefficient (Wildman–Crippen LogP) is 3.61. The van der Waals surface area contributed by atoms with Gasteiger partial charge < -0.3 is 4.74 Å². The standard InChI is InChI=1S/C18H25NO2S/c1-17(2)14-10-11-18(17,3)16(21-4)15(14)22(20)19-12-13-8-6-5-7-9-13/h5-9,12,14-16H,10-11H2,1-4H3/b19-12+/t14-,15-,16-,18+,22+/m1/s1. The third kappa shape index (κ3) is 2.19. The Morgan fingerprint density at radius 3 is 2.59 bits per heavy atom. The Morgan fingerprint density at radius 2 is 1.95 bits per heavy atom. The van der Waals surface area contributed by atoms with Gasteiger partial charge in [0.2, 0.25) is 0 Å². The van der Waals surface area contributed by atoms with Gasteiger partial charge in [0.15, 0.2) is 0 Å². The summed E-state index contributed by atoms with van der Waals surface area (Å²) in [4.78, 5) is 0. The number of nitrogens with zero attached hydrogens (tertiary/aromatic N) is 1. The van der Waals surface area contributed by atoms with Gasteiger partial charge in [0.05, 0.1) is 11.4 Å². The van der Waals surface area contributed by atoms with Crippen LogP contribution in [0, 0.1) is 16.7 Å². The minimum Gasteiger partial charge on any atom is -0.380 e. The summed E-state index contributed by atoms with van der Waals surface area (Å²) in [6.45, 7) is 6.89. The number of ether oxygens (including phenoxy) is 1. The zero-order valence-corrected chi connectivity index (χ0v) is 14.6. The van der Waals surface area contributed by atoms with E-state index in [1.54, 1.807) is 13.3 Å². The van der Waals surface area contributed by atoms with E-state index in [2.05, 4.69) is 25.2 Å². The molecule has 22 heavy (non-hydrogen) atoms. The van der Waals surface area contributed by atoms with E-state index in [1.807, 2.05) is 30.3 Å². The van der Waals surface area contributed by atoms with Crippen LogP contribution in [0.2, 0.25) is 0 Å². The molecule has 2 bridgehead atoms. The van der Waals surface area contributed by atoms with Gasteiger partial charge in [-0.15, -0.1) is 0 Å². The molecule has 1 aromatic rings. The molecule has 0 aromatic heterocycles. The van der Waals surface area contributed by atoms with Crippen molar-refractivity contribution in [2.45, 2.75) is 45.0 Å². The molecule has 3 nitrogen and oxygen atoms in total. The van der Waals surface area contributed by atoms with Crippen molar-refractivity contribution in [3.05, 3.63) is 35.9 Å². The molecule has 0 heterocycles. The van der Waals surface area contributed by atoms with E-state index in [9.17, 15) is 4.21 Å². The highest BCUT2D eigenvalue weighted by atomic mass is 32.2. The molecule has 120 valence electrons. The van der Waals surface area contributed by atoms with Gasteiger partial charge in [-0.1, -0.05) is 51.1 Å². The lowest BCUT2D eigenvalue weighted by atomic mass is 9.70. The molecule has 0 unspecified atom stereocenters. The SMILES string of the molecule is CO[C@@H]1[C@H]([S@](=O)/N=C/c2ccccc2)[C@H]2CC[C@]1(C)C2(C)C. The summed E-state index contributed by atoms with van der Waals surface area (Å²) in [6, 6.07) is 9.84. The molecule has 2 fully saturated rings. The highest BCUT2D eigenvalue weighted by Crippen LogP contribution is 2.67. The fourth-order valence-electron chi connectivity index (χ4n) is 4.58. The fourth-order valence-corrected chi connectivity index (χ4v) is 6.33. The minimum absolute atomic E-state index is 0.00119. The highest BCUT2D eigenvalue weighted by molar-refractivity contribution is 7.84. The van der Waals surface area contributed by atoms with Gasteiger partial charge in [-0.25, -0.2) is 4.21 Å². The molecule has 5 atom stereocenters. The number of methoxy groups -OCH3 is 1. The molecule has 0 saturated heterocycles. The molecule has 3 rings (SSSR count). The maximum Gasteiger partial charge on any atom is 0.145 e. The smallest absolute Gasteiger partial charge is 0.145 e. The summed E-state index contributed by atoms with van der Waals surface area (Å²) in [6.07, 6.45) is 4.03. The van der Waals surface area contributed by atoms with Crippen LogP contribution in [-0.2, 0) is 15.7 Å². The van der Waals surface area contributed by atoms with Crippen molar-refractivity contribution in [3.63, 3.8) is 0 Å². The second-order valence-electron chi connectivity index (χ2n) is 7.33.